The van der Waals surface area contributed by atoms with Gasteiger partial charge in [0, 0.05) is 12.5 Å². The highest BCUT2D eigenvalue weighted by Gasteiger charge is 2.45. The van der Waals surface area contributed by atoms with Crippen LogP contribution in [0.2, 0.25) is 0 Å². The van der Waals surface area contributed by atoms with Crippen LogP contribution < -0.4 is 10.1 Å². The van der Waals surface area contributed by atoms with Gasteiger partial charge in [-0.1, -0.05) is 42.5 Å². The summed E-state index contributed by atoms with van der Waals surface area (Å²) in [6.07, 6.45) is -21.9. The molecule has 1 N–H and O–H groups in total. The van der Waals surface area contributed by atoms with Gasteiger partial charge in [0.15, 0.2) is 0 Å². The molecular formula is C26H18F11NO2. The van der Waals surface area contributed by atoms with Gasteiger partial charge in [0.2, 0.25) is 5.91 Å². The molecule has 0 aliphatic carbocycles. The van der Waals surface area contributed by atoms with Gasteiger partial charge in [-0.2, -0.15) is 43.9 Å². The number of carbonyl (C=O) groups is 1. The SMILES string of the molecule is O=C(CC(F)(F)F)N[C@](Cc1ccccc1)(c1ccc(C(F)(F)F)cc1)c1cc(F)cc(OC(F)(F)C(F)F)c1. The lowest BCUT2D eigenvalue weighted by atomic mass is 9.77. The molecule has 3 aromatic carbocycles. The van der Waals surface area contributed by atoms with Crippen molar-refractivity contribution >= 4 is 5.91 Å². The molecule has 0 saturated heterocycles. The summed E-state index contributed by atoms with van der Waals surface area (Å²) >= 11 is 0. The van der Waals surface area contributed by atoms with Crippen LogP contribution in [0.1, 0.15) is 28.7 Å². The normalized spacial score (nSPS) is 14.1. The van der Waals surface area contributed by atoms with Crippen molar-refractivity contribution in [2.45, 2.75) is 43.3 Å². The second-order valence-corrected chi connectivity index (χ2v) is 8.62. The van der Waals surface area contributed by atoms with Crippen molar-refractivity contribution < 1.29 is 57.8 Å². The second kappa shape index (κ2) is 11.3. The molecule has 0 spiro atoms. The van der Waals surface area contributed by atoms with E-state index in [2.05, 4.69) is 10.1 Å². The number of carbonyl (C=O) groups excluding carboxylic acids is 1. The topological polar surface area (TPSA) is 38.3 Å². The van der Waals surface area contributed by atoms with Crippen molar-refractivity contribution in [1.29, 1.82) is 0 Å². The summed E-state index contributed by atoms with van der Waals surface area (Å²) in [5.74, 6) is -4.27. The van der Waals surface area contributed by atoms with E-state index in [0.717, 1.165) is 12.1 Å². The molecule has 40 heavy (non-hydrogen) atoms. The van der Waals surface area contributed by atoms with E-state index in [-0.39, 0.29) is 17.2 Å². The van der Waals surface area contributed by atoms with Crippen LogP contribution in [0.15, 0.2) is 72.8 Å². The van der Waals surface area contributed by atoms with Crippen molar-refractivity contribution in [3.8, 4) is 5.75 Å². The first-order valence-corrected chi connectivity index (χ1v) is 11.2. The Morgan fingerprint density at radius 3 is 1.88 bits per heavy atom. The van der Waals surface area contributed by atoms with Crippen molar-refractivity contribution in [3.63, 3.8) is 0 Å². The van der Waals surface area contributed by atoms with Crippen LogP contribution >= 0.6 is 0 Å². The van der Waals surface area contributed by atoms with Gasteiger partial charge in [0.1, 0.15) is 18.0 Å². The fourth-order valence-corrected chi connectivity index (χ4v) is 3.94. The van der Waals surface area contributed by atoms with E-state index in [1.165, 1.54) is 24.3 Å². The number of amides is 1. The molecule has 0 bridgehead atoms. The third-order valence-corrected chi connectivity index (χ3v) is 5.60. The monoisotopic (exact) mass is 585 g/mol. The van der Waals surface area contributed by atoms with Gasteiger partial charge in [-0.05, 0) is 41.0 Å². The number of alkyl halides is 10. The zero-order valence-electron chi connectivity index (χ0n) is 19.9. The molecule has 0 unspecified atom stereocenters. The van der Waals surface area contributed by atoms with E-state index >= 15 is 0 Å². The minimum atomic E-state index is -5.11. The first kappa shape index (κ1) is 30.7. The minimum Gasteiger partial charge on any atom is -0.428 e. The average molecular weight is 585 g/mol. The van der Waals surface area contributed by atoms with Gasteiger partial charge in [-0.3, -0.25) is 4.79 Å². The van der Waals surface area contributed by atoms with Gasteiger partial charge < -0.3 is 10.1 Å². The quantitative estimate of drug-likeness (QED) is 0.262. The summed E-state index contributed by atoms with van der Waals surface area (Å²) in [7, 11) is 0. The Balaban J connectivity index is 2.29. The highest BCUT2D eigenvalue weighted by molar-refractivity contribution is 5.78. The number of halogens is 11. The smallest absolute Gasteiger partial charge is 0.428 e. The van der Waals surface area contributed by atoms with Crippen LogP contribution in [-0.4, -0.2) is 24.6 Å². The van der Waals surface area contributed by atoms with Gasteiger partial charge in [-0.25, -0.2) is 4.39 Å². The Kier molecular flexibility index (Phi) is 8.70. The largest absolute Gasteiger partial charge is 0.461 e. The third-order valence-electron chi connectivity index (χ3n) is 5.60. The maximum absolute atomic E-state index is 14.7. The summed E-state index contributed by atoms with van der Waals surface area (Å²) in [4.78, 5) is 12.6. The summed E-state index contributed by atoms with van der Waals surface area (Å²) in [5.41, 5.74) is -4.12. The molecule has 3 aromatic rings. The Labute approximate surface area is 219 Å². The van der Waals surface area contributed by atoms with Gasteiger partial charge in [0.25, 0.3) is 0 Å². The predicted molar refractivity (Wildman–Crippen MR) is 119 cm³/mol. The summed E-state index contributed by atoms with van der Waals surface area (Å²) in [6, 6.07) is 11.5. The standard InChI is InChI=1S/C26H18F11NO2/c27-19-10-18(11-20(12-19)40-26(36,37)22(28)29)23(13-15-4-2-1-3-5-15,38-21(39)14-24(30,31)32)16-6-8-17(9-7-16)25(33,34)35/h1-12,22H,13-14H2,(H,38,39)/t23-/m1/s1. The van der Waals surface area contributed by atoms with Crippen LogP contribution in [0.25, 0.3) is 0 Å². The van der Waals surface area contributed by atoms with Crippen LogP contribution in [0.3, 0.4) is 0 Å². The highest BCUT2D eigenvalue weighted by atomic mass is 19.4. The van der Waals surface area contributed by atoms with Crippen molar-refractivity contribution in [3.05, 3.63) is 101 Å². The lowest BCUT2D eigenvalue weighted by Gasteiger charge is -2.37. The predicted octanol–water partition coefficient (Wildman–Crippen LogP) is 7.64. The molecule has 3 nitrogen and oxygen atoms in total. The second-order valence-electron chi connectivity index (χ2n) is 8.62. The summed E-state index contributed by atoms with van der Waals surface area (Å²) < 4.78 is 150. The molecular weight excluding hydrogens is 567 g/mol. The summed E-state index contributed by atoms with van der Waals surface area (Å²) in [5, 5.41) is 2.07. The molecule has 0 saturated carbocycles. The van der Waals surface area contributed by atoms with E-state index < -0.39 is 71.9 Å². The molecule has 0 heterocycles. The molecule has 0 radical (unpaired) electrons. The molecule has 3 rings (SSSR count). The molecule has 1 amide bonds. The van der Waals surface area contributed by atoms with Crippen LogP contribution in [0.5, 0.6) is 5.75 Å². The van der Waals surface area contributed by atoms with Crippen molar-refractivity contribution in [1.82, 2.24) is 5.32 Å². The maximum atomic E-state index is 14.7. The van der Waals surface area contributed by atoms with Gasteiger partial charge >= 0.3 is 24.9 Å². The molecule has 0 fully saturated rings. The number of rotatable bonds is 9. The summed E-state index contributed by atoms with van der Waals surface area (Å²) in [6.45, 7) is 0. The first-order chi connectivity index (χ1) is 18.4. The van der Waals surface area contributed by atoms with Crippen LogP contribution in [0, 0.1) is 5.82 Å². The average Bonchev–Trinajstić information content (AvgIpc) is 2.82. The van der Waals surface area contributed by atoms with Gasteiger partial charge in [-0.15, -0.1) is 0 Å². The lowest BCUT2D eigenvalue weighted by molar-refractivity contribution is -0.253. The lowest BCUT2D eigenvalue weighted by Crippen LogP contribution is -2.49. The fourth-order valence-electron chi connectivity index (χ4n) is 3.94. The number of benzene rings is 3. The zero-order valence-corrected chi connectivity index (χ0v) is 19.9. The first-order valence-electron chi connectivity index (χ1n) is 11.2. The van der Waals surface area contributed by atoms with Gasteiger partial charge in [0.05, 0.1) is 11.1 Å². The number of ether oxygens (including phenoxy) is 1. The minimum absolute atomic E-state index is 0.263. The van der Waals surface area contributed by atoms with Crippen LogP contribution in [-0.2, 0) is 22.9 Å². The molecule has 14 heteroatoms. The Hall–Kier alpha value is -3.84. The van der Waals surface area contributed by atoms with E-state index in [1.807, 2.05) is 0 Å². The van der Waals surface area contributed by atoms with E-state index in [0.29, 0.717) is 24.3 Å². The molecule has 0 aromatic heterocycles. The molecule has 0 aliphatic rings. The maximum Gasteiger partial charge on any atom is 0.461 e. The van der Waals surface area contributed by atoms with Crippen molar-refractivity contribution in [2.75, 3.05) is 0 Å². The number of hydrogen-bond acceptors (Lipinski definition) is 2. The fraction of sp³-hybridized carbons (Fsp3) is 0.269. The van der Waals surface area contributed by atoms with E-state index in [4.69, 9.17) is 0 Å². The Morgan fingerprint density at radius 1 is 0.775 bits per heavy atom. The third kappa shape index (κ3) is 7.63. The molecule has 1 atom stereocenters. The Bertz CT molecular complexity index is 1310. The van der Waals surface area contributed by atoms with E-state index in [1.54, 1.807) is 6.07 Å². The number of nitrogens with one attached hydrogen (secondary N) is 1. The van der Waals surface area contributed by atoms with Crippen LogP contribution in [0.4, 0.5) is 48.3 Å². The van der Waals surface area contributed by atoms with Crippen molar-refractivity contribution in [2.24, 2.45) is 0 Å². The highest BCUT2D eigenvalue weighted by Crippen LogP contribution is 2.39. The molecule has 216 valence electrons. The Morgan fingerprint density at radius 2 is 1.35 bits per heavy atom. The van der Waals surface area contributed by atoms with E-state index in [9.17, 15) is 53.1 Å². The molecule has 0 aliphatic heterocycles. The zero-order chi connectivity index (χ0) is 29.9. The number of hydrogen-bond donors (Lipinski definition) is 1.